The Bertz CT molecular complexity index is 416. The molecule has 2 N–H and O–H groups in total. The van der Waals surface area contributed by atoms with E-state index >= 15 is 0 Å². The topological polar surface area (TPSA) is 45.1 Å². The molecule has 1 unspecified atom stereocenters. The van der Waals surface area contributed by atoms with Gasteiger partial charge >= 0.3 is 0 Å². The number of nitrogens with zero attached hydrogens (tertiary/aromatic N) is 1. The first kappa shape index (κ1) is 10.6. The Labute approximate surface area is 94.8 Å². The van der Waals surface area contributed by atoms with E-state index in [1.807, 2.05) is 48.5 Å². The van der Waals surface area contributed by atoms with Gasteiger partial charge < -0.3 is 10.4 Å². The number of rotatable bonds is 4. The van der Waals surface area contributed by atoms with Crippen molar-refractivity contribution in [2.75, 3.05) is 11.9 Å². The minimum atomic E-state index is -0.582. The Hall–Kier alpha value is -1.87. The van der Waals surface area contributed by atoms with Crippen molar-refractivity contribution in [3.8, 4) is 0 Å². The van der Waals surface area contributed by atoms with Gasteiger partial charge in [-0.1, -0.05) is 24.3 Å². The summed E-state index contributed by atoms with van der Waals surface area (Å²) >= 11 is 0. The summed E-state index contributed by atoms with van der Waals surface area (Å²) in [5.74, 6) is 0. The Kier molecular flexibility index (Phi) is 3.51. The van der Waals surface area contributed by atoms with Gasteiger partial charge in [0, 0.05) is 18.4 Å². The summed E-state index contributed by atoms with van der Waals surface area (Å²) in [6.07, 6.45) is 1.10. The summed E-state index contributed by atoms with van der Waals surface area (Å²) < 4.78 is 0. The predicted molar refractivity (Wildman–Crippen MR) is 64.1 cm³/mol. The molecular weight excluding hydrogens is 200 g/mol. The van der Waals surface area contributed by atoms with E-state index in [9.17, 15) is 5.11 Å². The second-order valence-corrected chi connectivity index (χ2v) is 3.52. The Morgan fingerprint density at radius 3 is 2.50 bits per heavy atom. The average molecular weight is 214 g/mol. The molecule has 2 rings (SSSR count). The molecule has 1 heterocycles. The van der Waals surface area contributed by atoms with Crippen LogP contribution >= 0.6 is 0 Å². The third-order valence-corrected chi connectivity index (χ3v) is 2.30. The minimum absolute atomic E-state index is 0.459. The smallest absolute Gasteiger partial charge is 0.113 e. The summed E-state index contributed by atoms with van der Waals surface area (Å²) in [5, 5.41) is 13.0. The molecule has 0 aliphatic heterocycles. The van der Waals surface area contributed by atoms with Crippen molar-refractivity contribution in [1.82, 2.24) is 4.98 Å². The number of aliphatic hydroxyl groups is 1. The van der Waals surface area contributed by atoms with Gasteiger partial charge in [-0.15, -0.1) is 0 Å². The van der Waals surface area contributed by atoms with Crippen LogP contribution in [0.1, 0.15) is 11.8 Å². The maximum atomic E-state index is 9.86. The van der Waals surface area contributed by atoms with Gasteiger partial charge in [0.25, 0.3) is 0 Å². The van der Waals surface area contributed by atoms with E-state index in [1.54, 1.807) is 6.20 Å². The van der Waals surface area contributed by atoms with Crippen molar-refractivity contribution in [3.05, 3.63) is 60.4 Å². The van der Waals surface area contributed by atoms with Crippen molar-refractivity contribution in [2.24, 2.45) is 0 Å². The van der Waals surface area contributed by atoms with E-state index in [1.165, 1.54) is 0 Å². The highest BCUT2D eigenvalue weighted by Crippen LogP contribution is 2.11. The van der Waals surface area contributed by atoms with Crippen LogP contribution in [0.15, 0.2) is 54.7 Å². The van der Waals surface area contributed by atoms with E-state index in [-0.39, 0.29) is 0 Å². The number of aromatic nitrogens is 1. The van der Waals surface area contributed by atoms with Gasteiger partial charge in [0.15, 0.2) is 0 Å². The molecule has 0 amide bonds. The van der Waals surface area contributed by atoms with Crippen LogP contribution < -0.4 is 5.32 Å². The van der Waals surface area contributed by atoms with E-state index in [4.69, 9.17) is 0 Å². The highest BCUT2D eigenvalue weighted by molar-refractivity contribution is 5.42. The fraction of sp³-hybridized carbons (Fsp3) is 0.154. The largest absolute Gasteiger partial charge is 0.385 e. The van der Waals surface area contributed by atoms with Gasteiger partial charge in [0.2, 0.25) is 0 Å². The number of pyridine rings is 1. The van der Waals surface area contributed by atoms with Crippen LogP contribution in [-0.4, -0.2) is 16.6 Å². The Balaban J connectivity index is 1.92. The molecule has 1 atom stereocenters. The number of hydrogen-bond acceptors (Lipinski definition) is 3. The molecule has 0 aliphatic rings. The Morgan fingerprint density at radius 1 is 1.06 bits per heavy atom. The van der Waals surface area contributed by atoms with Crippen molar-refractivity contribution in [1.29, 1.82) is 0 Å². The molecule has 1 aromatic heterocycles. The molecule has 3 heteroatoms. The van der Waals surface area contributed by atoms with Gasteiger partial charge in [-0.2, -0.15) is 0 Å². The average Bonchev–Trinajstić information content (AvgIpc) is 2.38. The zero-order chi connectivity index (χ0) is 11.2. The number of benzene rings is 1. The van der Waals surface area contributed by atoms with Crippen LogP contribution in [0, 0.1) is 0 Å². The standard InChI is InChI=1S/C13H14N2O/c16-13(12-8-4-5-9-14-12)10-15-11-6-2-1-3-7-11/h1-9,13,15-16H,10H2. The van der Waals surface area contributed by atoms with Crippen molar-refractivity contribution in [2.45, 2.75) is 6.10 Å². The minimum Gasteiger partial charge on any atom is -0.385 e. The molecule has 0 saturated heterocycles. The second-order valence-electron chi connectivity index (χ2n) is 3.52. The first-order valence-corrected chi connectivity index (χ1v) is 5.24. The van der Waals surface area contributed by atoms with Gasteiger partial charge in [-0.3, -0.25) is 4.98 Å². The third-order valence-electron chi connectivity index (χ3n) is 2.30. The summed E-state index contributed by atoms with van der Waals surface area (Å²) in [6.45, 7) is 0.459. The van der Waals surface area contributed by atoms with Crippen LogP contribution in [0.3, 0.4) is 0 Å². The lowest BCUT2D eigenvalue weighted by molar-refractivity contribution is 0.187. The van der Waals surface area contributed by atoms with Crippen LogP contribution in [0.4, 0.5) is 5.69 Å². The molecule has 16 heavy (non-hydrogen) atoms. The fourth-order valence-electron chi connectivity index (χ4n) is 1.45. The van der Waals surface area contributed by atoms with E-state index in [0.717, 1.165) is 5.69 Å². The normalized spacial score (nSPS) is 12.1. The van der Waals surface area contributed by atoms with E-state index in [2.05, 4.69) is 10.3 Å². The SMILES string of the molecule is OC(CNc1ccccc1)c1ccccn1. The van der Waals surface area contributed by atoms with Crippen molar-refractivity contribution >= 4 is 5.69 Å². The summed E-state index contributed by atoms with van der Waals surface area (Å²) in [6, 6.07) is 15.3. The quantitative estimate of drug-likeness (QED) is 0.820. The number of nitrogens with one attached hydrogen (secondary N) is 1. The van der Waals surface area contributed by atoms with Crippen LogP contribution in [-0.2, 0) is 0 Å². The van der Waals surface area contributed by atoms with Gasteiger partial charge in [0.05, 0.1) is 5.69 Å². The predicted octanol–water partition coefficient (Wildman–Crippen LogP) is 2.23. The lowest BCUT2D eigenvalue weighted by atomic mass is 10.2. The fourth-order valence-corrected chi connectivity index (χ4v) is 1.45. The maximum absolute atomic E-state index is 9.86. The summed E-state index contributed by atoms with van der Waals surface area (Å²) in [7, 11) is 0. The third kappa shape index (κ3) is 2.81. The van der Waals surface area contributed by atoms with Crippen molar-refractivity contribution < 1.29 is 5.11 Å². The number of para-hydroxylation sites is 1. The first-order valence-electron chi connectivity index (χ1n) is 5.24. The Morgan fingerprint density at radius 2 is 1.81 bits per heavy atom. The van der Waals surface area contributed by atoms with E-state index < -0.39 is 6.10 Å². The highest BCUT2D eigenvalue weighted by atomic mass is 16.3. The molecule has 1 aromatic carbocycles. The van der Waals surface area contributed by atoms with E-state index in [0.29, 0.717) is 12.2 Å². The van der Waals surface area contributed by atoms with Gasteiger partial charge in [0.1, 0.15) is 6.10 Å². The van der Waals surface area contributed by atoms with Crippen LogP contribution in [0.25, 0.3) is 0 Å². The zero-order valence-electron chi connectivity index (χ0n) is 8.88. The molecule has 0 spiro atoms. The molecule has 2 aromatic rings. The molecule has 0 saturated carbocycles. The summed E-state index contributed by atoms with van der Waals surface area (Å²) in [5.41, 5.74) is 1.68. The lowest BCUT2D eigenvalue weighted by Crippen LogP contribution is -2.13. The molecule has 0 bridgehead atoms. The van der Waals surface area contributed by atoms with Crippen molar-refractivity contribution in [3.63, 3.8) is 0 Å². The van der Waals surface area contributed by atoms with Gasteiger partial charge in [-0.25, -0.2) is 0 Å². The molecule has 0 radical (unpaired) electrons. The molecule has 0 aliphatic carbocycles. The molecule has 3 nitrogen and oxygen atoms in total. The van der Waals surface area contributed by atoms with Crippen LogP contribution in [0.5, 0.6) is 0 Å². The molecule has 82 valence electrons. The number of hydrogen-bond donors (Lipinski definition) is 2. The number of aliphatic hydroxyl groups excluding tert-OH is 1. The molecule has 0 fully saturated rings. The maximum Gasteiger partial charge on any atom is 0.113 e. The highest BCUT2D eigenvalue weighted by Gasteiger charge is 2.07. The monoisotopic (exact) mass is 214 g/mol. The van der Waals surface area contributed by atoms with Crippen LogP contribution in [0.2, 0.25) is 0 Å². The summed E-state index contributed by atoms with van der Waals surface area (Å²) in [4.78, 5) is 4.10. The number of anilines is 1. The van der Waals surface area contributed by atoms with Gasteiger partial charge in [-0.05, 0) is 24.3 Å². The second kappa shape index (κ2) is 5.28. The zero-order valence-corrected chi connectivity index (χ0v) is 8.88. The lowest BCUT2D eigenvalue weighted by Gasteiger charge is -2.11. The molecular formula is C13H14N2O. The first-order chi connectivity index (χ1) is 7.86.